The molecular weight excluding hydrogens is 347 g/mol. The molecule has 0 amide bonds. The van der Waals surface area contributed by atoms with Gasteiger partial charge in [-0.1, -0.05) is 0 Å². The number of rotatable bonds is 4. The van der Waals surface area contributed by atoms with Crippen LogP contribution in [0.1, 0.15) is 53.4 Å². The van der Waals surface area contributed by atoms with Crippen molar-refractivity contribution < 1.29 is 21.5 Å². The molecule has 1 saturated carbocycles. The zero-order chi connectivity index (χ0) is 13.8. The second-order valence-electron chi connectivity index (χ2n) is 6.89. The first-order valence-electron chi connectivity index (χ1n) is 8.19. The zero-order valence-electron chi connectivity index (χ0n) is 13.2. The molecule has 1 aliphatic carbocycles. The number of hydrogen-bond donors (Lipinski definition) is 0. The topological polar surface area (TPSA) is 6.48 Å². The van der Waals surface area contributed by atoms with E-state index in [0.717, 1.165) is 21.8 Å². The van der Waals surface area contributed by atoms with Crippen molar-refractivity contribution in [1.82, 2.24) is 8.01 Å². The van der Waals surface area contributed by atoms with Crippen LogP contribution in [0, 0.1) is 11.8 Å². The molecule has 0 N–H and O–H groups in total. The van der Waals surface area contributed by atoms with E-state index < -0.39 is 0 Å². The van der Waals surface area contributed by atoms with E-state index in [2.05, 4.69) is 35.7 Å². The molecule has 2 rings (SSSR count). The minimum absolute atomic E-state index is 0.311. The Labute approximate surface area is 130 Å². The fourth-order valence-electron chi connectivity index (χ4n) is 3.35. The Morgan fingerprint density at radius 3 is 1.89 bits per heavy atom. The van der Waals surface area contributed by atoms with Crippen LogP contribution in [0.25, 0.3) is 0 Å². The van der Waals surface area contributed by atoms with Crippen molar-refractivity contribution in [2.24, 2.45) is 11.8 Å². The minimum atomic E-state index is 0.311. The summed E-state index contributed by atoms with van der Waals surface area (Å²) in [7, 11) is 0. The Kier molecular flexibility index (Phi) is 6.41. The van der Waals surface area contributed by atoms with E-state index in [1.165, 1.54) is 51.9 Å². The average Bonchev–Trinajstić information content (AvgIpc) is 2.40. The van der Waals surface area contributed by atoms with Crippen molar-refractivity contribution in [2.75, 3.05) is 26.2 Å². The molecule has 1 aliphatic heterocycles. The fraction of sp³-hybridized carbons (Fsp3) is 1.00. The van der Waals surface area contributed by atoms with Crippen LogP contribution in [0.15, 0.2) is 0 Å². The van der Waals surface area contributed by atoms with Crippen molar-refractivity contribution in [3.8, 4) is 0 Å². The van der Waals surface area contributed by atoms with Crippen LogP contribution in [0.5, 0.6) is 0 Å². The molecule has 0 radical (unpaired) electrons. The van der Waals surface area contributed by atoms with E-state index >= 15 is 0 Å². The third-order valence-corrected chi connectivity index (χ3v) is 8.70. The Balaban J connectivity index is 1.67. The summed E-state index contributed by atoms with van der Waals surface area (Å²) >= 11 is 0.311. The summed E-state index contributed by atoms with van der Waals surface area (Å²) in [6, 6.07) is 0.738. The number of alkyl halides is 1. The standard InChI is InChI=1S/C16H32IN2/c1-13(2)15-5-7-16(8-6-15)17-19-11-9-18(10-12-19)14(3)4/h13-16H,5-12H2,1-4H3/q-1. The molecule has 1 saturated heterocycles. The van der Waals surface area contributed by atoms with Gasteiger partial charge in [-0.15, -0.1) is 0 Å². The van der Waals surface area contributed by atoms with E-state index in [4.69, 9.17) is 0 Å². The van der Waals surface area contributed by atoms with Gasteiger partial charge in [-0.3, -0.25) is 0 Å². The molecule has 3 heteroatoms. The van der Waals surface area contributed by atoms with E-state index in [0.29, 0.717) is 21.5 Å². The first-order valence-corrected chi connectivity index (χ1v) is 10.4. The molecule has 0 aromatic heterocycles. The molecule has 0 aromatic carbocycles. The molecule has 0 atom stereocenters. The molecule has 2 nitrogen and oxygen atoms in total. The number of piperazine rings is 1. The first-order chi connectivity index (χ1) is 9.06. The van der Waals surface area contributed by atoms with Gasteiger partial charge in [0.25, 0.3) is 0 Å². The van der Waals surface area contributed by atoms with Crippen molar-refractivity contribution in [2.45, 2.75) is 63.3 Å². The molecule has 2 fully saturated rings. The van der Waals surface area contributed by atoms with Gasteiger partial charge in [-0.05, 0) is 0 Å². The summed E-state index contributed by atoms with van der Waals surface area (Å²) in [6.07, 6.45) is 6.07. The van der Waals surface area contributed by atoms with E-state index in [1.807, 2.05) is 0 Å². The Bertz CT molecular complexity index is 225. The molecule has 114 valence electrons. The Hall–Kier alpha value is 0.650. The molecule has 19 heavy (non-hydrogen) atoms. The van der Waals surface area contributed by atoms with Crippen LogP contribution in [0.4, 0.5) is 0 Å². The normalized spacial score (nSPS) is 31.5. The summed E-state index contributed by atoms with van der Waals surface area (Å²) in [5, 5.41) is 0. The summed E-state index contributed by atoms with van der Waals surface area (Å²) in [6.45, 7) is 14.8. The van der Waals surface area contributed by atoms with Gasteiger partial charge in [0.05, 0.1) is 0 Å². The van der Waals surface area contributed by atoms with Crippen molar-refractivity contribution in [3.05, 3.63) is 0 Å². The summed E-state index contributed by atoms with van der Waals surface area (Å²) in [5.41, 5.74) is 0. The summed E-state index contributed by atoms with van der Waals surface area (Å²) < 4.78 is 3.93. The second-order valence-corrected chi connectivity index (χ2v) is 10.6. The van der Waals surface area contributed by atoms with Gasteiger partial charge in [0, 0.05) is 0 Å². The van der Waals surface area contributed by atoms with Gasteiger partial charge in [0.15, 0.2) is 0 Å². The number of hydrogen-bond acceptors (Lipinski definition) is 2. The first kappa shape index (κ1) is 16.0. The molecule has 0 spiro atoms. The van der Waals surface area contributed by atoms with E-state index in [9.17, 15) is 0 Å². The van der Waals surface area contributed by atoms with Crippen LogP contribution >= 0.6 is 0 Å². The number of nitrogens with zero attached hydrogens (tertiary/aromatic N) is 2. The Morgan fingerprint density at radius 2 is 1.42 bits per heavy atom. The molecule has 2 aliphatic rings. The van der Waals surface area contributed by atoms with Gasteiger partial charge in [-0.25, -0.2) is 0 Å². The van der Waals surface area contributed by atoms with Crippen molar-refractivity contribution in [3.63, 3.8) is 0 Å². The average molecular weight is 379 g/mol. The van der Waals surface area contributed by atoms with Gasteiger partial charge in [-0.2, -0.15) is 0 Å². The third-order valence-electron chi connectivity index (χ3n) is 4.91. The predicted molar refractivity (Wildman–Crippen MR) is 78.9 cm³/mol. The monoisotopic (exact) mass is 379 g/mol. The van der Waals surface area contributed by atoms with Crippen LogP contribution in [0.3, 0.4) is 0 Å². The Morgan fingerprint density at radius 1 is 0.842 bits per heavy atom. The molecule has 0 unspecified atom stereocenters. The van der Waals surface area contributed by atoms with E-state index in [-0.39, 0.29) is 0 Å². The van der Waals surface area contributed by atoms with Crippen molar-refractivity contribution >= 4 is 0 Å². The molecule has 1 heterocycles. The van der Waals surface area contributed by atoms with Gasteiger partial charge < -0.3 is 0 Å². The second kappa shape index (κ2) is 7.60. The fourth-order valence-corrected chi connectivity index (χ4v) is 6.73. The van der Waals surface area contributed by atoms with Crippen LogP contribution < -0.4 is 21.5 Å². The molecular formula is C16H32IN2-. The number of halogens is 1. The van der Waals surface area contributed by atoms with Crippen molar-refractivity contribution in [1.29, 1.82) is 0 Å². The van der Waals surface area contributed by atoms with Crippen LogP contribution in [-0.4, -0.2) is 44.2 Å². The molecule has 0 aromatic rings. The SMILES string of the molecule is CC(C)C1CCC([I-]N2CCN(C(C)C)CC2)CC1. The van der Waals surface area contributed by atoms with Crippen LogP contribution in [0.2, 0.25) is 0 Å². The maximum absolute atomic E-state index is 2.83. The summed E-state index contributed by atoms with van der Waals surface area (Å²) in [4.78, 5) is 2.63. The predicted octanol–water partition coefficient (Wildman–Crippen LogP) is 0.231. The third kappa shape index (κ3) is 4.85. The zero-order valence-corrected chi connectivity index (χ0v) is 15.4. The van der Waals surface area contributed by atoms with Gasteiger partial charge in [0.2, 0.25) is 0 Å². The quantitative estimate of drug-likeness (QED) is 0.392. The maximum atomic E-state index is 2.83. The van der Waals surface area contributed by atoms with E-state index in [1.54, 1.807) is 0 Å². The van der Waals surface area contributed by atoms with Gasteiger partial charge >= 0.3 is 131 Å². The molecule has 0 bridgehead atoms. The van der Waals surface area contributed by atoms with Crippen LogP contribution in [-0.2, 0) is 0 Å². The summed E-state index contributed by atoms with van der Waals surface area (Å²) in [5.74, 6) is 1.94. The van der Waals surface area contributed by atoms with Gasteiger partial charge in [0.1, 0.15) is 0 Å².